The molecule has 4 unspecified atom stereocenters. The summed E-state index contributed by atoms with van der Waals surface area (Å²) >= 11 is 0. The van der Waals surface area contributed by atoms with Crippen molar-refractivity contribution in [2.75, 3.05) is 6.61 Å². The van der Waals surface area contributed by atoms with Gasteiger partial charge in [-0.1, -0.05) is 6.58 Å². The number of hydrogen-bond acceptors (Lipinski definition) is 8. The number of nitrogens with zero attached hydrogens (tertiary/aromatic N) is 1. The van der Waals surface area contributed by atoms with Gasteiger partial charge in [0.15, 0.2) is 24.2 Å². The molecule has 2 bridgehead atoms. The molecular formula is C14H13NO7. The summed E-state index contributed by atoms with van der Waals surface area (Å²) in [7, 11) is 0. The van der Waals surface area contributed by atoms with Gasteiger partial charge in [-0.15, -0.1) is 0 Å². The van der Waals surface area contributed by atoms with Gasteiger partial charge in [-0.25, -0.2) is 9.59 Å². The van der Waals surface area contributed by atoms with Crippen molar-refractivity contribution in [3.05, 3.63) is 12.2 Å². The molecular weight excluding hydrogens is 294 g/mol. The summed E-state index contributed by atoms with van der Waals surface area (Å²) in [5, 5.41) is 9.20. The molecule has 3 heterocycles. The third-order valence-electron chi connectivity index (χ3n) is 4.06. The van der Waals surface area contributed by atoms with E-state index >= 15 is 0 Å². The molecule has 0 aliphatic carbocycles. The molecule has 22 heavy (non-hydrogen) atoms. The maximum atomic E-state index is 11.8. The number of fused-ring (bicyclic) bond motifs is 1. The summed E-state index contributed by atoms with van der Waals surface area (Å²) < 4.78 is 20.5. The second kappa shape index (κ2) is 4.81. The quantitative estimate of drug-likeness (QED) is 0.392. The Morgan fingerprint density at radius 2 is 2.27 bits per heavy atom. The van der Waals surface area contributed by atoms with E-state index in [9.17, 15) is 19.6 Å². The van der Waals surface area contributed by atoms with Gasteiger partial charge in [0.1, 0.15) is 12.2 Å². The van der Waals surface area contributed by atoms with Gasteiger partial charge in [-0.05, 0) is 6.92 Å². The highest BCUT2D eigenvalue weighted by atomic mass is 16.7. The molecule has 8 heteroatoms. The Bertz CT molecular complexity index is 621. The second-order valence-electron chi connectivity index (χ2n) is 5.56. The van der Waals surface area contributed by atoms with Crippen molar-refractivity contribution >= 4 is 17.9 Å². The number of hydrogen-bond donors (Lipinski definition) is 0. The second-order valence-corrected chi connectivity index (χ2v) is 5.56. The van der Waals surface area contributed by atoms with Gasteiger partial charge in [-0.2, -0.15) is 5.26 Å². The van der Waals surface area contributed by atoms with Crippen molar-refractivity contribution in [1.82, 2.24) is 0 Å². The molecule has 3 saturated heterocycles. The van der Waals surface area contributed by atoms with Gasteiger partial charge in [0.2, 0.25) is 0 Å². The highest BCUT2D eigenvalue weighted by molar-refractivity contribution is 5.88. The minimum absolute atomic E-state index is 0.132. The summed E-state index contributed by atoms with van der Waals surface area (Å²) in [5.41, 5.74) is -1.12. The van der Waals surface area contributed by atoms with E-state index in [2.05, 4.69) is 11.3 Å². The minimum atomic E-state index is -1.29. The van der Waals surface area contributed by atoms with Crippen molar-refractivity contribution in [2.24, 2.45) is 5.41 Å². The molecule has 116 valence electrons. The van der Waals surface area contributed by atoms with Crippen LogP contribution >= 0.6 is 0 Å². The van der Waals surface area contributed by atoms with Crippen LogP contribution in [0.25, 0.3) is 0 Å². The summed E-state index contributed by atoms with van der Waals surface area (Å²) in [6, 6.07) is 1.96. The van der Waals surface area contributed by atoms with Gasteiger partial charge in [0.05, 0.1) is 6.07 Å². The molecule has 3 aliphatic heterocycles. The molecule has 3 aliphatic rings. The van der Waals surface area contributed by atoms with Crippen LogP contribution in [0, 0.1) is 16.7 Å². The van der Waals surface area contributed by atoms with Crippen LogP contribution in [0.15, 0.2) is 12.2 Å². The number of ether oxygens (including phenoxy) is 4. The molecule has 0 aromatic carbocycles. The van der Waals surface area contributed by atoms with E-state index in [4.69, 9.17) is 14.2 Å². The topological polar surface area (TPSA) is 112 Å². The molecule has 8 nitrogen and oxygen atoms in total. The maximum Gasteiger partial charge on any atom is 0.344 e. The predicted octanol–water partition coefficient (Wildman–Crippen LogP) is -0.376. The van der Waals surface area contributed by atoms with Crippen LogP contribution in [-0.2, 0) is 33.3 Å². The van der Waals surface area contributed by atoms with E-state index in [0.717, 1.165) is 0 Å². The molecule has 0 aromatic heterocycles. The third kappa shape index (κ3) is 1.89. The lowest BCUT2D eigenvalue weighted by molar-refractivity contribution is -0.167. The summed E-state index contributed by atoms with van der Waals surface area (Å²) in [6.45, 7) is 4.28. The zero-order valence-electron chi connectivity index (χ0n) is 11.7. The monoisotopic (exact) mass is 307 g/mol. The first kappa shape index (κ1) is 14.5. The van der Waals surface area contributed by atoms with Crippen molar-refractivity contribution in [3.63, 3.8) is 0 Å². The fourth-order valence-electron chi connectivity index (χ4n) is 3.01. The molecule has 0 saturated carbocycles. The molecule has 0 aromatic rings. The molecule has 0 radical (unpaired) electrons. The molecule has 0 N–H and O–H groups in total. The lowest BCUT2D eigenvalue weighted by atomic mass is 9.75. The van der Waals surface area contributed by atoms with E-state index in [1.54, 1.807) is 0 Å². The number of carbonyl (C=O) groups excluding carboxylic acids is 3. The van der Waals surface area contributed by atoms with Crippen molar-refractivity contribution in [3.8, 4) is 6.07 Å². The predicted molar refractivity (Wildman–Crippen MR) is 66.9 cm³/mol. The van der Waals surface area contributed by atoms with Crippen LogP contribution < -0.4 is 0 Å². The zero-order valence-corrected chi connectivity index (χ0v) is 11.7. The Hall–Kier alpha value is -2.40. The first-order valence-corrected chi connectivity index (χ1v) is 6.69. The standard InChI is InChI=1S/C14H13NO7/c1-6(2)12(17)19-4-8(16)21-9-7-3-14(5-15)11(20-7)10(9)22-13(14)18/h7,9-11H,1,3-4H2,2H3/t7?,9?,10-,11?,14?/m0/s1. The average Bonchev–Trinajstić information content (AvgIpc) is 3.06. The largest absolute Gasteiger partial charge is 0.454 e. The Labute approximate surface area is 125 Å². The molecule has 3 fully saturated rings. The van der Waals surface area contributed by atoms with E-state index in [-0.39, 0.29) is 12.0 Å². The van der Waals surface area contributed by atoms with E-state index in [0.29, 0.717) is 0 Å². The summed E-state index contributed by atoms with van der Waals surface area (Å²) in [4.78, 5) is 34.7. The maximum absolute atomic E-state index is 11.8. The van der Waals surface area contributed by atoms with Gasteiger partial charge in [0.25, 0.3) is 0 Å². The molecule has 0 spiro atoms. The minimum Gasteiger partial charge on any atom is -0.454 e. The van der Waals surface area contributed by atoms with Gasteiger partial charge >= 0.3 is 17.9 Å². The fourth-order valence-corrected chi connectivity index (χ4v) is 3.01. The third-order valence-corrected chi connectivity index (χ3v) is 4.06. The van der Waals surface area contributed by atoms with Crippen LogP contribution in [0.4, 0.5) is 0 Å². The zero-order chi connectivity index (χ0) is 16.1. The number of carbonyl (C=O) groups is 3. The van der Waals surface area contributed by atoms with Crippen LogP contribution in [-0.4, -0.2) is 48.9 Å². The van der Waals surface area contributed by atoms with Gasteiger partial charge in [-0.3, -0.25) is 4.79 Å². The van der Waals surface area contributed by atoms with Crippen molar-refractivity contribution in [1.29, 1.82) is 5.26 Å². The van der Waals surface area contributed by atoms with Gasteiger partial charge < -0.3 is 18.9 Å². The van der Waals surface area contributed by atoms with E-state index in [1.165, 1.54) is 6.92 Å². The van der Waals surface area contributed by atoms with Crippen LogP contribution in [0.5, 0.6) is 0 Å². The SMILES string of the molecule is C=C(C)C(=O)OCC(=O)OC1C2CC3(C#N)C(=O)O[C@@H]1C3O2. The smallest absolute Gasteiger partial charge is 0.344 e. The first-order valence-electron chi connectivity index (χ1n) is 6.69. The molecule has 5 atom stereocenters. The summed E-state index contributed by atoms with van der Waals surface area (Å²) in [5.74, 6) is -2.11. The Kier molecular flexibility index (Phi) is 3.18. The highest BCUT2D eigenvalue weighted by Crippen LogP contribution is 2.54. The van der Waals surface area contributed by atoms with Crippen LogP contribution in [0.2, 0.25) is 0 Å². The lowest BCUT2D eigenvalue weighted by Gasteiger charge is -2.24. The molecule has 3 rings (SSSR count). The van der Waals surface area contributed by atoms with Crippen LogP contribution in [0.3, 0.4) is 0 Å². The van der Waals surface area contributed by atoms with E-state index in [1.807, 2.05) is 6.07 Å². The normalized spacial score (nSPS) is 37.4. The average molecular weight is 307 g/mol. The van der Waals surface area contributed by atoms with Crippen molar-refractivity contribution < 1.29 is 33.3 Å². The van der Waals surface area contributed by atoms with Crippen LogP contribution in [0.1, 0.15) is 13.3 Å². The van der Waals surface area contributed by atoms with Gasteiger partial charge in [0, 0.05) is 12.0 Å². The highest BCUT2D eigenvalue weighted by Gasteiger charge is 2.74. The Balaban J connectivity index is 1.61. The Morgan fingerprint density at radius 1 is 1.55 bits per heavy atom. The number of esters is 3. The summed E-state index contributed by atoms with van der Waals surface area (Å²) in [6.07, 6.45) is -2.72. The van der Waals surface area contributed by atoms with Crippen molar-refractivity contribution in [2.45, 2.75) is 37.8 Å². The first-order chi connectivity index (χ1) is 10.4. The number of nitriles is 1. The van der Waals surface area contributed by atoms with E-state index < -0.39 is 54.3 Å². The Morgan fingerprint density at radius 3 is 2.91 bits per heavy atom. The molecule has 0 amide bonds. The lowest BCUT2D eigenvalue weighted by Crippen LogP contribution is -2.44. The fraction of sp³-hybridized carbons (Fsp3) is 0.571. The number of rotatable bonds is 4.